The summed E-state index contributed by atoms with van der Waals surface area (Å²) in [5.41, 5.74) is 2.28. The molecule has 0 N–H and O–H groups in total. The van der Waals surface area contributed by atoms with Crippen LogP contribution in [0.2, 0.25) is 0 Å². The molecule has 1 aromatic heterocycles. The molecule has 0 bridgehead atoms. The molecule has 2 aromatic rings. The van der Waals surface area contributed by atoms with Gasteiger partial charge in [0.15, 0.2) is 0 Å². The van der Waals surface area contributed by atoms with Gasteiger partial charge >= 0.3 is 0 Å². The summed E-state index contributed by atoms with van der Waals surface area (Å²) in [6.45, 7) is 2.93. The van der Waals surface area contributed by atoms with E-state index in [0.717, 1.165) is 18.0 Å². The lowest BCUT2D eigenvalue weighted by atomic mass is 10.3. The number of aromatic nitrogens is 2. The van der Waals surface area contributed by atoms with Gasteiger partial charge in [0.25, 0.3) is 0 Å². The summed E-state index contributed by atoms with van der Waals surface area (Å²) >= 11 is 0. The molecule has 1 heterocycles. The number of imidazole rings is 1. The van der Waals surface area contributed by atoms with Crippen LogP contribution in [0.5, 0.6) is 0 Å². The summed E-state index contributed by atoms with van der Waals surface area (Å²) in [5.74, 6) is 1.07. The predicted octanol–water partition coefficient (Wildman–Crippen LogP) is 1.86. The van der Waals surface area contributed by atoms with E-state index in [4.69, 9.17) is 0 Å². The average molecular weight is 189 g/mol. The lowest BCUT2D eigenvalue weighted by molar-refractivity contribution is 0.328. The summed E-state index contributed by atoms with van der Waals surface area (Å²) in [6.07, 6.45) is 0. The maximum absolute atomic E-state index is 4.50. The summed E-state index contributed by atoms with van der Waals surface area (Å²) in [7, 11) is 4.13. The van der Waals surface area contributed by atoms with Crippen LogP contribution in [0.4, 0.5) is 0 Å². The Kier molecular flexibility index (Phi) is 2.25. The summed E-state index contributed by atoms with van der Waals surface area (Å²) in [6, 6.07) is 8.23. The average Bonchev–Trinajstić information content (AvgIpc) is 2.43. The van der Waals surface area contributed by atoms with Crippen molar-refractivity contribution < 1.29 is 0 Å². The first-order valence-electron chi connectivity index (χ1n) is 4.75. The zero-order valence-electron chi connectivity index (χ0n) is 8.86. The van der Waals surface area contributed by atoms with Crippen LogP contribution in [0.15, 0.2) is 24.3 Å². The highest BCUT2D eigenvalue weighted by Crippen LogP contribution is 2.15. The Morgan fingerprint density at radius 2 is 2.00 bits per heavy atom. The van der Waals surface area contributed by atoms with Crippen LogP contribution in [-0.2, 0) is 6.67 Å². The van der Waals surface area contributed by atoms with Crippen LogP contribution in [0.1, 0.15) is 5.82 Å². The number of nitrogens with zero attached hydrogens (tertiary/aromatic N) is 3. The van der Waals surface area contributed by atoms with E-state index in [1.165, 1.54) is 5.52 Å². The first kappa shape index (κ1) is 9.21. The molecular weight excluding hydrogens is 174 g/mol. The third-order valence-corrected chi connectivity index (χ3v) is 2.27. The Hall–Kier alpha value is -1.35. The summed E-state index contributed by atoms with van der Waals surface area (Å²) in [5, 5.41) is 0. The van der Waals surface area contributed by atoms with Crippen LogP contribution >= 0.6 is 0 Å². The molecule has 0 aliphatic rings. The van der Waals surface area contributed by atoms with Crippen molar-refractivity contribution in [1.82, 2.24) is 14.5 Å². The van der Waals surface area contributed by atoms with E-state index >= 15 is 0 Å². The minimum absolute atomic E-state index is 0.881. The minimum atomic E-state index is 0.881. The topological polar surface area (TPSA) is 21.1 Å². The standard InChI is InChI=1S/C11H15N3/c1-9-12-10-6-4-5-7-11(10)14(9)8-13(2)3/h4-7H,8H2,1-3H3. The molecule has 1 aromatic carbocycles. The van der Waals surface area contributed by atoms with Crippen LogP contribution < -0.4 is 0 Å². The van der Waals surface area contributed by atoms with Gasteiger partial charge in [-0.25, -0.2) is 4.98 Å². The normalized spacial score (nSPS) is 11.4. The Morgan fingerprint density at radius 1 is 1.29 bits per heavy atom. The Labute approximate surface area is 84.0 Å². The molecule has 2 rings (SSSR count). The zero-order valence-corrected chi connectivity index (χ0v) is 8.86. The molecule has 0 saturated heterocycles. The van der Waals surface area contributed by atoms with E-state index in [2.05, 4.69) is 46.7 Å². The Morgan fingerprint density at radius 3 is 2.71 bits per heavy atom. The highest BCUT2D eigenvalue weighted by atomic mass is 15.2. The quantitative estimate of drug-likeness (QED) is 0.719. The molecule has 0 atom stereocenters. The van der Waals surface area contributed by atoms with Crippen molar-refractivity contribution >= 4 is 11.0 Å². The maximum Gasteiger partial charge on any atom is 0.107 e. The number of para-hydroxylation sites is 2. The molecule has 0 spiro atoms. The predicted molar refractivity (Wildman–Crippen MR) is 58.2 cm³/mol. The molecule has 0 saturated carbocycles. The second-order valence-corrected chi connectivity index (χ2v) is 3.80. The van der Waals surface area contributed by atoms with Gasteiger partial charge in [-0.15, -0.1) is 0 Å². The number of rotatable bonds is 2. The van der Waals surface area contributed by atoms with E-state index in [9.17, 15) is 0 Å². The number of benzene rings is 1. The van der Waals surface area contributed by atoms with Crippen LogP contribution in [0.3, 0.4) is 0 Å². The van der Waals surface area contributed by atoms with E-state index < -0.39 is 0 Å². The van der Waals surface area contributed by atoms with Crippen molar-refractivity contribution in [2.45, 2.75) is 13.6 Å². The molecule has 0 aliphatic heterocycles. The van der Waals surface area contributed by atoms with E-state index in [-0.39, 0.29) is 0 Å². The second kappa shape index (κ2) is 3.42. The van der Waals surface area contributed by atoms with Gasteiger partial charge in [-0.2, -0.15) is 0 Å². The van der Waals surface area contributed by atoms with E-state index in [1.807, 2.05) is 13.0 Å². The molecular formula is C11H15N3. The first-order chi connectivity index (χ1) is 6.68. The van der Waals surface area contributed by atoms with Gasteiger partial charge in [-0.3, -0.25) is 4.90 Å². The molecule has 3 heteroatoms. The van der Waals surface area contributed by atoms with Gasteiger partial charge < -0.3 is 4.57 Å². The lowest BCUT2D eigenvalue weighted by Crippen LogP contribution is -2.17. The fraction of sp³-hybridized carbons (Fsp3) is 0.364. The van der Waals surface area contributed by atoms with Crippen LogP contribution in [-0.4, -0.2) is 28.5 Å². The summed E-state index contributed by atoms with van der Waals surface area (Å²) < 4.78 is 2.22. The van der Waals surface area contributed by atoms with Crippen molar-refractivity contribution in [1.29, 1.82) is 0 Å². The maximum atomic E-state index is 4.50. The Balaban J connectivity index is 2.56. The number of fused-ring (bicyclic) bond motifs is 1. The fourth-order valence-electron chi connectivity index (χ4n) is 1.66. The van der Waals surface area contributed by atoms with Gasteiger partial charge in [0.05, 0.1) is 17.7 Å². The van der Waals surface area contributed by atoms with E-state index in [1.54, 1.807) is 0 Å². The minimum Gasteiger partial charge on any atom is -0.314 e. The highest BCUT2D eigenvalue weighted by Gasteiger charge is 2.05. The SMILES string of the molecule is Cc1nc2ccccc2n1CN(C)C. The number of hydrogen-bond donors (Lipinski definition) is 0. The summed E-state index contributed by atoms with van der Waals surface area (Å²) in [4.78, 5) is 6.64. The molecule has 0 unspecified atom stereocenters. The smallest absolute Gasteiger partial charge is 0.107 e. The van der Waals surface area contributed by atoms with Crippen molar-refractivity contribution in [2.24, 2.45) is 0 Å². The highest BCUT2D eigenvalue weighted by molar-refractivity contribution is 5.75. The van der Waals surface area contributed by atoms with Crippen molar-refractivity contribution in [3.63, 3.8) is 0 Å². The number of hydrogen-bond acceptors (Lipinski definition) is 2. The van der Waals surface area contributed by atoms with Crippen LogP contribution in [0.25, 0.3) is 11.0 Å². The van der Waals surface area contributed by atoms with Gasteiger partial charge in [-0.05, 0) is 33.2 Å². The molecule has 3 nitrogen and oxygen atoms in total. The molecule has 74 valence electrons. The zero-order chi connectivity index (χ0) is 10.1. The third kappa shape index (κ3) is 1.51. The largest absolute Gasteiger partial charge is 0.314 e. The van der Waals surface area contributed by atoms with E-state index in [0.29, 0.717) is 0 Å². The molecule has 14 heavy (non-hydrogen) atoms. The molecule has 0 fully saturated rings. The number of aryl methyl sites for hydroxylation is 1. The fourth-order valence-corrected chi connectivity index (χ4v) is 1.66. The van der Waals surface area contributed by atoms with Gasteiger partial charge in [0.1, 0.15) is 5.82 Å². The lowest BCUT2D eigenvalue weighted by Gasteiger charge is -2.12. The van der Waals surface area contributed by atoms with Crippen molar-refractivity contribution in [3.05, 3.63) is 30.1 Å². The first-order valence-corrected chi connectivity index (χ1v) is 4.75. The Bertz CT molecular complexity index is 443. The third-order valence-electron chi connectivity index (χ3n) is 2.27. The molecule has 0 amide bonds. The van der Waals surface area contributed by atoms with Gasteiger partial charge in [0, 0.05) is 0 Å². The van der Waals surface area contributed by atoms with Crippen molar-refractivity contribution in [2.75, 3.05) is 14.1 Å². The second-order valence-electron chi connectivity index (χ2n) is 3.80. The molecule has 0 radical (unpaired) electrons. The monoisotopic (exact) mass is 189 g/mol. The van der Waals surface area contributed by atoms with Crippen molar-refractivity contribution in [3.8, 4) is 0 Å². The van der Waals surface area contributed by atoms with Gasteiger partial charge in [-0.1, -0.05) is 12.1 Å². The van der Waals surface area contributed by atoms with Gasteiger partial charge in [0.2, 0.25) is 0 Å². The van der Waals surface area contributed by atoms with Crippen LogP contribution in [0, 0.1) is 6.92 Å². The molecule has 0 aliphatic carbocycles.